The van der Waals surface area contributed by atoms with Crippen LogP contribution in [0.15, 0.2) is 36.7 Å². The number of amides is 1. The first kappa shape index (κ1) is 21.2. The maximum atomic E-state index is 12.9. The van der Waals surface area contributed by atoms with Crippen LogP contribution in [-0.4, -0.2) is 57.9 Å². The minimum atomic E-state index is -0.579. The van der Waals surface area contributed by atoms with Gasteiger partial charge in [0.1, 0.15) is 13.2 Å². The van der Waals surface area contributed by atoms with Crippen LogP contribution in [0.3, 0.4) is 0 Å². The lowest BCUT2D eigenvalue weighted by molar-refractivity contribution is -0.135. The Hall–Kier alpha value is -3.62. The second-order valence-corrected chi connectivity index (χ2v) is 8.54. The molecule has 1 atom stereocenters. The van der Waals surface area contributed by atoms with E-state index >= 15 is 0 Å². The molecule has 0 saturated carbocycles. The van der Waals surface area contributed by atoms with Crippen molar-refractivity contribution in [1.82, 2.24) is 19.7 Å². The number of rotatable bonds is 5. The molecule has 0 N–H and O–H groups in total. The maximum Gasteiger partial charge on any atom is 0.340 e. The molecule has 9 nitrogen and oxygen atoms in total. The highest BCUT2D eigenvalue weighted by Crippen LogP contribution is 2.38. The molecule has 5 rings (SSSR count). The zero-order chi connectivity index (χ0) is 22.9. The Kier molecular flexibility index (Phi) is 5.62. The summed E-state index contributed by atoms with van der Waals surface area (Å²) in [5, 5.41) is 5.06. The number of benzene rings is 1. The van der Waals surface area contributed by atoms with Crippen LogP contribution in [0.5, 0.6) is 11.5 Å². The number of carbonyl (C=O) groups excluding carboxylic acids is 2. The Labute approximate surface area is 191 Å². The zero-order valence-corrected chi connectivity index (χ0v) is 18.7. The first-order chi connectivity index (χ1) is 16.0. The van der Waals surface area contributed by atoms with Crippen molar-refractivity contribution < 1.29 is 23.8 Å². The SMILES string of the molecule is CC(C)n1ncc2cc(C(=O)OCC(=O)N3CCCC3c3ccc4c(c3)OCCO4)cnc21. The quantitative estimate of drug-likeness (QED) is 0.550. The number of likely N-dealkylation sites (tertiary alicyclic amines) is 1. The van der Waals surface area contributed by atoms with E-state index in [4.69, 9.17) is 14.2 Å². The molecule has 0 radical (unpaired) electrons. The van der Waals surface area contributed by atoms with Crippen LogP contribution in [0.25, 0.3) is 11.0 Å². The summed E-state index contributed by atoms with van der Waals surface area (Å²) in [6.07, 6.45) is 4.87. The minimum absolute atomic E-state index is 0.0769. The van der Waals surface area contributed by atoms with Crippen LogP contribution in [0.4, 0.5) is 0 Å². The molecular formula is C24H26N4O5. The van der Waals surface area contributed by atoms with Crippen LogP contribution in [-0.2, 0) is 9.53 Å². The van der Waals surface area contributed by atoms with Gasteiger partial charge in [-0.2, -0.15) is 5.10 Å². The monoisotopic (exact) mass is 450 g/mol. The van der Waals surface area contributed by atoms with E-state index in [9.17, 15) is 9.59 Å². The lowest BCUT2D eigenvalue weighted by Gasteiger charge is -2.26. The Bertz CT molecular complexity index is 1200. The third-order valence-electron chi connectivity index (χ3n) is 6.01. The number of carbonyl (C=O) groups is 2. The van der Waals surface area contributed by atoms with Crippen molar-refractivity contribution in [2.45, 2.75) is 38.8 Å². The van der Waals surface area contributed by atoms with Gasteiger partial charge < -0.3 is 19.1 Å². The van der Waals surface area contributed by atoms with Gasteiger partial charge in [-0.3, -0.25) is 4.79 Å². The first-order valence-corrected chi connectivity index (χ1v) is 11.2. The summed E-state index contributed by atoms with van der Waals surface area (Å²) < 4.78 is 18.4. The van der Waals surface area contributed by atoms with E-state index in [2.05, 4.69) is 10.1 Å². The predicted octanol–water partition coefficient (Wildman–Crippen LogP) is 3.30. The number of nitrogens with zero attached hydrogens (tertiary/aromatic N) is 4. The summed E-state index contributed by atoms with van der Waals surface area (Å²) in [6, 6.07) is 7.56. The van der Waals surface area contributed by atoms with E-state index in [1.54, 1.807) is 21.8 Å². The van der Waals surface area contributed by atoms with E-state index in [-0.39, 0.29) is 24.6 Å². The summed E-state index contributed by atoms with van der Waals surface area (Å²) in [6.45, 7) is 5.38. The standard InChI is InChI=1S/C24H26N4O5/c1-15(2)28-23-17(13-26-28)10-18(12-25-23)24(30)33-14-22(29)27-7-3-4-19(27)16-5-6-20-21(11-16)32-9-8-31-20/h5-6,10-13,15,19H,3-4,7-9,14H2,1-2H3. The fourth-order valence-electron chi connectivity index (χ4n) is 4.40. The van der Waals surface area contributed by atoms with Gasteiger partial charge in [-0.05, 0) is 50.5 Å². The van der Waals surface area contributed by atoms with E-state index in [0.29, 0.717) is 36.7 Å². The third-order valence-corrected chi connectivity index (χ3v) is 6.01. The molecule has 1 amide bonds. The lowest BCUT2D eigenvalue weighted by atomic mass is 10.0. The second-order valence-electron chi connectivity index (χ2n) is 8.54. The van der Waals surface area contributed by atoms with Crippen molar-refractivity contribution in [2.24, 2.45) is 0 Å². The average Bonchev–Trinajstić information content (AvgIpc) is 3.49. The summed E-state index contributed by atoms with van der Waals surface area (Å²) in [7, 11) is 0. The highest BCUT2D eigenvalue weighted by atomic mass is 16.6. The molecular weight excluding hydrogens is 424 g/mol. The smallest absolute Gasteiger partial charge is 0.340 e. The van der Waals surface area contributed by atoms with Crippen molar-refractivity contribution in [3.8, 4) is 11.5 Å². The fraction of sp³-hybridized carbons (Fsp3) is 0.417. The molecule has 0 bridgehead atoms. The van der Waals surface area contributed by atoms with Gasteiger partial charge >= 0.3 is 5.97 Å². The molecule has 172 valence electrons. The number of aromatic nitrogens is 3. The first-order valence-electron chi connectivity index (χ1n) is 11.2. The number of ether oxygens (including phenoxy) is 3. The van der Waals surface area contributed by atoms with Gasteiger partial charge in [0.2, 0.25) is 0 Å². The van der Waals surface area contributed by atoms with E-state index in [1.807, 2.05) is 32.0 Å². The molecule has 1 saturated heterocycles. The predicted molar refractivity (Wildman–Crippen MR) is 119 cm³/mol. The molecule has 2 aliphatic rings. The highest BCUT2D eigenvalue weighted by Gasteiger charge is 2.31. The molecule has 0 aliphatic carbocycles. The fourth-order valence-corrected chi connectivity index (χ4v) is 4.40. The minimum Gasteiger partial charge on any atom is -0.486 e. The lowest BCUT2D eigenvalue weighted by Crippen LogP contribution is -2.34. The van der Waals surface area contributed by atoms with Crippen molar-refractivity contribution >= 4 is 22.9 Å². The molecule has 0 spiro atoms. The van der Waals surface area contributed by atoms with Gasteiger partial charge in [0.05, 0.1) is 17.8 Å². The average molecular weight is 450 g/mol. The Morgan fingerprint density at radius 3 is 2.79 bits per heavy atom. The summed E-state index contributed by atoms with van der Waals surface area (Å²) in [5.41, 5.74) is 1.99. The van der Waals surface area contributed by atoms with Crippen LogP contribution in [0.2, 0.25) is 0 Å². The van der Waals surface area contributed by atoms with Gasteiger partial charge in [-0.25, -0.2) is 14.5 Å². The zero-order valence-electron chi connectivity index (χ0n) is 18.7. The number of hydrogen-bond acceptors (Lipinski definition) is 7. The number of hydrogen-bond donors (Lipinski definition) is 0. The summed E-state index contributed by atoms with van der Waals surface area (Å²) in [5.74, 6) is 0.625. The topological polar surface area (TPSA) is 95.8 Å². The van der Waals surface area contributed by atoms with E-state index in [0.717, 1.165) is 29.5 Å². The largest absolute Gasteiger partial charge is 0.486 e. The summed E-state index contributed by atoms with van der Waals surface area (Å²) in [4.78, 5) is 31.6. The molecule has 33 heavy (non-hydrogen) atoms. The third kappa shape index (κ3) is 4.10. The van der Waals surface area contributed by atoms with Gasteiger partial charge in [-0.15, -0.1) is 0 Å². The molecule has 1 aromatic carbocycles. The van der Waals surface area contributed by atoms with Crippen molar-refractivity contribution in [2.75, 3.05) is 26.4 Å². The number of esters is 1. The number of fused-ring (bicyclic) bond motifs is 2. The van der Waals surface area contributed by atoms with Crippen LogP contribution in [0, 0.1) is 0 Å². The second kappa shape index (κ2) is 8.73. The Morgan fingerprint density at radius 2 is 1.97 bits per heavy atom. The number of pyridine rings is 1. The Morgan fingerprint density at radius 1 is 1.15 bits per heavy atom. The van der Waals surface area contributed by atoms with Crippen molar-refractivity contribution in [3.63, 3.8) is 0 Å². The van der Waals surface area contributed by atoms with Crippen LogP contribution < -0.4 is 9.47 Å². The van der Waals surface area contributed by atoms with Gasteiger partial charge in [0, 0.05) is 24.2 Å². The van der Waals surface area contributed by atoms with E-state index < -0.39 is 5.97 Å². The molecule has 1 unspecified atom stereocenters. The molecule has 2 aromatic heterocycles. The van der Waals surface area contributed by atoms with Gasteiger partial charge in [0.15, 0.2) is 23.8 Å². The normalized spacial score (nSPS) is 17.5. The summed E-state index contributed by atoms with van der Waals surface area (Å²) >= 11 is 0. The molecule has 9 heteroatoms. The van der Waals surface area contributed by atoms with Crippen molar-refractivity contribution in [1.29, 1.82) is 0 Å². The Balaban J connectivity index is 1.24. The van der Waals surface area contributed by atoms with Crippen LogP contribution >= 0.6 is 0 Å². The van der Waals surface area contributed by atoms with Gasteiger partial charge in [-0.1, -0.05) is 6.07 Å². The molecule has 3 aromatic rings. The molecule has 1 fully saturated rings. The van der Waals surface area contributed by atoms with Crippen molar-refractivity contribution in [3.05, 3.63) is 47.8 Å². The van der Waals surface area contributed by atoms with Gasteiger partial charge in [0.25, 0.3) is 5.91 Å². The molecule has 2 aliphatic heterocycles. The van der Waals surface area contributed by atoms with Crippen LogP contribution in [0.1, 0.15) is 54.7 Å². The highest BCUT2D eigenvalue weighted by molar-refractivity contribution is 5.94. The maximum absolute atomic E-state index is 12.9. The molecule has 4 heterocycles. The van der Waals surface area contributed by atoms with E-state index in [1.165, 1.54) is 6.20 Å².